The van der Waals surface area contributed by atoms with E-state index in [2.05, 4.69) is 5.10 Å². The molecule has 3 rings (SSSR count). The number of para-hydroxylation sites is 1. The van der Waals surface area contributed by atoms with Gasteiger partial charge in [0.1, 0.15) is 0 Å². The molecule has 0 spiro atoms. The summed E-state index contributed by atoms with van der Waals surface area (Å²) in [4.78, 5) is 11.6. The van der Waals surface area contributed by atoms with Gasteiger partial charge in [-0.25, -0.2) is 9.48 Å². The number of thioether (sulfide) groups is 1. The molecule has 0 atom stereocenters. The number of furan rings is 1. The number of rotatable bonds is 5. The second-order valence-corrected chi connectivity index (χ2v) is 7.28. The minimum absolute atomic E-state index is 0.228. The normalized spacial score (nSPS) is 10.7. The van der Waals surface area contributed by atoms with Gasteiger partial charge in [0.25, 0.3) is 0 Å². The molecule has 0 amide bonds. The van der Waals surface area contributed by atoms with Crippen molar-refractivity contribution in [2.75, 3.05) is 7.11 Å². The fraction of sp³-hybridized carbons (Fsp3) is 0.133. The van der Waals surface area contributed by atoms with E-state index in [0.717, 1.165) is 15.6 Å². The van der Waals surface area contributed by atoms with E-state index < -0.39 is 5.97 Å². The zero-order chi connectivity index (χ0) is 16.2. The van der Waals surface area contributed by atoms with Crippen LogP contribution in [0.5, 0.6) is 0 Å². The monoisotopic (exact) mass is 364 g/mol. The Labute approximate surface area is 145 Å². The largest absolute Gasteiger partial charge is 0.463 e. The topological polar surface area (TPSA) is 57.3 Å². The highest BCUT2D eigenvalue weighted by atomic mass is 32.2. The molecule has 0 saturated heterocycles. The van der Waals surface area contributed by atoms with Crippen molar-refractivity contribution >= 4 is 41.3 Å². The lowest BCUT2D eigenvalue weighted by Crippen LogP contribution is -2.02. The molecular formula is C15H12N2O3S3. The average molecular weight is 364 g/mol. The predicted octanol–water partition coefficient (Wildman–Crippen LogP) is 4.34. The quantitative estimate of drug-likeness (QED) is 0.381. The minimum atomic E-state index is -0.479. The van der Waals surface area contributed by atoms with E-state index in [1.165, 1.54) is 36.5 Å². The first-order chi connectivity index (χ1) is 11.2. The number of aromatic nitrogens is 2. The van der Waals surface area contributed by atoms with E-state index in [1.54, 1.807) is 10.7 Å². The van der Waals surface area contributed by atoms with Crippen molar-refractivity contribution in [3.8, 4) is 5.69 Å². The third-order valence-electron chi connectivity index (χ3n) is 3.00. The molecule has 0 saturated carbocycles. The lowest BCUT2D eigenvalue weighted by molar-refractivity contribution is 0.0564. The van der Waals surface area contributed by atoms with Gasteiger partial charge in [-0.2, -0.15) is 0 Å². The molecule has 0 aliphatic rings. The summed E-state index contributed by atoms with van der Waals surface area (Å²) in [7, 11) is 1.33. The standard InChI is InChI=1S/C15H12N2O3S3/c1-19-13(18)12-10(7-8-20-12)9-22-14-16-17(15(21)23-14)11-5-3-2-4-6-11/h2-8H,9H2,1H3. The molecule has 0 bridgehead atoms. The van der Waals surface area contributed by atoms with Crippen LogP contribution in [-0.4, -0.2) is 22.9 Å². The van der Waals surface area contributed by atoms with Crippen molar-refractivity contribution < 1.29 is 13.9 Å². The molecule has 5 nitrogen and oxygen atoms in total. The zero-order valence-corrected chi connectivity index (χ0v) is 14.5. The van der Waals surface area contributed by atoms with Gasteiger partial charge in [0.2, 0.25) is 5.76 Å². The van der Waals surface area contributed by atoms with E-state index in [1.807, 2.05) is 30.3 Å². The van der Waals surface area contributed by atoms with Crippen molar-refractivity contribution in [1.29, 1.82) is 0 Å². The van der Waals surface area contributed by atoms with Gasteiger partial charge in [-0.3, -0.25) is 0 Å². The molecule has 0 N–H and O–H groups in total. The molecule has 0 fully saturated rings. The summed E-state index contributed by atoms with van der Waals surface area (Å²) in [6, 6.07) is 11.5. The molecule has 0 unspecified atom stereocenters. The summed E-state index contributed by atoms with van der Waals surface area (Å²) in [6.07, 6.45) is 1.48. The SMILES string of the molecule is COC(=O)c1occc1CSc1nn(-c2ccccc2)c(=S)s1. The van der Waals surface area contributed by atoms with Crippen LogP contribution in [0.3, 0.4) is 0 Å². The summed E-state index contributed by atoms with van der Waals surface area (Å²) < 4.78 is 13.1. The summed E-state index contributed by atoms with van der Waals surface area (Å²) in [5.41, 5.74) is 1.70. The van der Waals surface area contributed by atoms with E-state index in [9.17, 15) is 4.79 Å². The molecule has 1 aromatic carbocycles. The first-order valence-electron chi connectivity index (χ1n) is 6.62. The van der Waals surface area contributed by atoms with Crippen molar-refractivity contribution in [2.24, 2.45) is 0 Å². The fourth-order valence-corrected chi connectivity index (χ4v) is 4.25. The van der Waals surface area contributed by atoms with Gasteiger partial charge >= 0.3 is 5.97 Å². The molecule has 0 aliphatic carbocycles. The number of esters is 1. The van der Waals surface area contributed by atoms with E-state index in [-0.39, 0.29) is 5.76 Å². The van der Waals surface area contributed by atoms with E-state index in [4.69, 9.17) is 21.4 Å². The van der Waals surface area contributed by atoms with Gasteiger partial charge in [0.15, 0.2) is 8.29 Å². The molecule has 2 heterocycles. The molecule has 8 heteroatoms. The number of carbonyl (C=O) groups is 1. The van der Waals surface area contributed by atoms with Gasteiger partial charge < -0.3 is 9.15 Å². The summed E-state index contributed by atoms with van der Waals surface area (Å²) in [6.45, 7) is 0. The molecule has 3 aromatic rings. The van der Waals surface area contributed by atoms with Crippen molar-refractivity contribution in [3.05, 3.63) is 57.9 Å². The van der Waals surface area contributed by atoms with E-state index >= 15 is 0 Å². The second kappa shape index (κ2) is 7.12. The van der Waals surface area contributed by atoms with Gasteiger partial charge in [-0.15, -0.1) is 5.10 Å². The highest BCUT2D eigenvalue weighted by molar-refractivity contribution is 8.00. The Balaban J connectivity index is 1.77. The third kappa shape index (κ3) is 3.54. The first-order valence-corrected chi connectivity index (χ1v) is 8.83. The average Bonchev–Trinajstić information content (AvgIpc) is 3.19. The van der Waals surface area contributed by atoms with Crippen LogP contribution < -0.4 is 0 Å². The van der Waals surface area contributed by atoms with Gasteiger partial charge in [-0.05, 0) is 30.4 Å². The minimum Gasteiger partial charge on any atom is -0.463 e. The molecule has 23 heavy (non-hydrogen) atoms. The molecule has 118 valence electrons. The smallest absolute Gasteiger partial charge is 0.374 e. The Morgan fingerprint density at radius 2 is 2.17 bits per heavy atom. The lowest BCUT2D eigenvalue weighted by Gasteiger charge is -2.00. The summed E-state index contributed by atoms with van der Waals surface area (Å²) >= 11 is 8.30. The van der Waals surface area contributed by atoms with Crippen LogP contribution >= 0.6 is 35.3 Å². The van der Waals surface area contributed by atoms with Crippen molar-refractivity contribution in [3.63, 3.8) is 0 Å². The maximum absolute atomic E-state index is 11.6. The van der Waals surface area contributed by atoms with Crippen molar-refractivity contribution in [2.45, 2.75) is 10.1 Å². The number of hydrogen-bond acceptors (Lipinski definition) is 7. The van der Waals surface area contributed by atoms with Crippen LogP contribution in [0.25, 0.3) is 5.69 Å². The Morgan fingerprint density at radius 3 is 2.91 bits per heavy atom. The lowest BCUT2D eigenvalue weighted by atomic mass is 10.3. The van der Waals surface area contributed by atoms with Crippen LogP contribution in [0.2, 0.25) is 0 Å². The Hall–Kier alpha value is -1.90. The zero-order valence-electron chi connectivity index (χ0n) is 12.1. The van der Waals surface area contributed by atoms with Crippen LogP contribution in [0.4, 0.5) is 0 Å². The van der Waals surface area contributed by atoms with Crippen LogP contribution in [0.1, 0.15) is 16.1 Å². The van der Waals surface area contributed by atoms with Crippen LogP contribution in [0, 0.1) is 3.95 Å². The van der Waals surface area contributed by atoms with Crippen molar-refractivity contribution in [1.82, 2.24) is 9.78 Å². The number of benzene rings is 1. The number of nitrogens with zero attached hydrogens (tertiary/aromatic N) is 2. The fourth-order valence-electron chi connectivity index (χ4n) is 1.91. The number of ether oxygens (including phenoxy) is 1. The van der Waals surface area contributed by atoms with Crippen LogP contribution in [0.15, 0.2) is 51.4 Å². The highest BCUT2D eigenvalue weighted by Gasteiger charge is 2.16. The number of hydrogen-bond donors (Lipinski definition) is 0. The van der Waals surface area contributed by atoms with Gasteiger partial charge in [0, 0.05) is 11.3 Å². The van der Waals surface area contributed by atoms with E-state index in [0.29, 0.717) is 9.71 Å². The molecule has 2 aromatic heterocycles. The maximum Gasteiger partial charge on any atom is 0.374 e. The molecule has 0 aliphatic heterocycles. The van der Waals surface area contributed by atoms with Gasteiger partial charge in [-0.1, -0.05) is 41.3 Å². The Kier molecular flexibility index (Phi) is 4.94. The second-order valence-electron chi connectivity index (χ2n) is 4.44. The molecular weight excluding hydrogens is 352 g/mol. The summed E-state index contributed by atoms with van der Waals surface area (Å²) in [5.74, 6) is 0.303. The van der Waals surface area contributed by atoms with Crippen LogP contribution in [-0.2, 0) is 10.5 Å². The molecule has 0 radical (unpaired) electrons. The highest BCUT2D eigenvalue weighted by Crippen LogP contribution is 2.28. The van der Waals surface area contributed by atoms with Gasteiger partial charge in [0.05, 0.1) is 19.1 Å². The first kappa shape index (κ1) is 16.0. The Morgan fingerprint density at radius 1 is 1.39 bits per heavy atom. The maximum atomic E-state index is 11.6. The predicted molar refractivity (Wildman–Crippen MR) is 91.9 cm³/mol. The number of carbonyl (C=O) groups excluding carboxylic acids is 1. The summed E-state index contributed by atoms with van der Waals surface area (Å²) in [5, 5.41) is 4.52. The Bertz CT molecular complexity index is 867. The number of methoxy groups -OCH3 is 1. The third-order valence-corrected chi connectivity index (χ3v) is 5.41.